The summed E-state index contributed by atoms with van der Waals surface area (Å²) in [6, 6.07) is 11.0. The van der Waals surface area contributed by atoms with Crippen LogP contribution in [0.5, 0.6) is 5.88 Å². The topological polar surface area (TPSA) is 126 Å². The Kier molecular flexibility index (Phi) is 10.5. The van der Waals surface area contributed by atoms with Crippen molar-refractivity contribution < 1.29 is 18.7 Å². The molecule has 2 aliphatic heterocycles. The Balaban J connectivity index is 1.19. The summed E-state index contributed by atoms with van der Waals surface area (Å²) < 4.78 is 20.1. The number of nitrogens with zero attached hydrogens (tertiary/aromatic N) is 5. The first-order chi connectivity index (χ1) is 23.3. The van der Waals surface area contributed by atoms with Crippen molar-refractivity contribution in [1.29, 1.82) is 0 Å². The molecule has 1 atom stereocenters. The van der Waals surface area contributed by atoms with E-state index in [4.69, 9.17) is 32.9 Å². The number of fused-ring (bicyclic) bond motifs is 1. The molecule has 1 saturated heterocycles. The lowest BCUT2D eigenvalue weighted by atomic mass is 10.1. The van der Waals surface area contributed by atoms with Gasteiger partial charge in [-0.05, 0) is 31.0 Å². The van der Waals surface area contributed by atoms with Crippen LogP contribution in [0.1, 0.15) is 46.8 Å². The van der Waals surface area contributed by atoms with Crippen molar-refractivity contribution in [3.8, 4) is 28.4 Å². The van der Waals surface area contributed by atoms with Crippen LogP contribution in [0.15, 0.2) is 42.6 Å². The number of aromatic nitrogens is 4. The van der Waals surface area contributed by atoms with Gasteiger partial charge in [0, 0.05) is 87.2 Å². The second-order valence-corrected chi connectivity index (χ2v) is 12.7. The zero-order valence-electron chi connectivity index (χ0n) is 26.8. The third-order valence-corrected chi connectivity index (χ3v) is 9.53. The van der Waals surface area contributed by atoms with Crippen molar-refractivity contribution in [2.45, 2.75) is 44.8 Å². The molecule has 2 aliphatic rings. The van der Waals surface area contributed by atoms with Crippen molar-refractivity contribution in [1.82, 2.24) is 35.1 Å². The molecular formula is C34H37Cl2FN8O3. The Labute approximate surface area is 288 Å². The van der Waals surface area contributed by atoms with E-state index in [0.29, 0.717) is 78.1 Å². The fraction of sp³-hybridized carbons (Fsp3) is 0.382. The quantitative estimate of drug-likeness (QED) is 0.185. The normalized spacial score (nSPS) is 16.1. The molecule has 11 nitrogen and oxygen atoms in total. The van der Waals surface area contributed by atoms with Gasteiger partial charge in [0.15, 0.2) is 5.82 Å². The lowest BCUT2D eigenvalue weighted by Crippen LogP contribution is -2.35. The molecule has 0 radical (unpaired) electrons. The number of benzene rings is 1. The van der Waals surface area contributed by atoms with E-state index in [1.807, 2.05) is 23.7 Å². The zero-order valence-corrected chi connectivity index (χ0v) is 28.3. The van der Waals surface area contributed by atoms with Gasteiger partial charge in [-0.25, -0.2) is 9.97 Å². The Morgan fingerprint density at radius 2 is 1.98 bits per heavy atom. The van der Waals surface area contributed by atoms with E-state index in [2.05, 4.69) is 30.8 Å². The summed E-state index contributed by atoms with van der Waals surface area (Å²) in [5.74, 6) is 0.416. The zero-order chi connectivity index (χ0) is 33.8. The van der Waals surface area contributed by atoms with Crippen molar-refractivity contribution in [3.05, 3.63) is 75.4 Å². The second kappa shape index (κ2) is 15.0. The molecule has 1 aromatic carbocycles. The third kappa shape index (κ3) is 7.17. The first-order valence-corrected chi connectivity index (χ1v) is 16.6. The average molecular weight is 696 g/mol. The highest BCUT2D eigenvalue weighted by atomic mass is 35.5. The molecule has 2 amide bonds. The standard InChI is InChI=1S/C34H37Cl2FN8O3/c1-44-27-12-16-45(15-4-13-37)19-26(27)41-32(44)33(47)42-25-6-3-5-23(29(25)35)31-30(36)22(11-14-39-31)24-9-7-20(34(43-24)48-2)17-38-18-21-8-10-28(46)40-21/h3,5-7,9,11,14,21,38H,4,8,10,12-13,15-19H2,1-2H3,(H,40,46)(H,42,47). The number of methoxy groups -OCH3 is 1. The summed E-state index contributed by atoms with van der Waals surface area (Å²) in [5, 5.41) is 9.85. The number of carbonyl (C=O) groups is 2. The van der Waals surface area contributed by atoms with E-state index in [-0.39, 0.29) is 29.5 Å². The van der Waals surface area contributed by atoms with E-state index in [9.17, 15) is 14.0 Å². The van der Waals surface area contributed by atoms with Gasteiger partial charge in [0.2, 0.25) is 11.8 Å². The number of rotatable bonds is 12. The molecule has 1 fully saturated rings. The molecule has 4 aromatic rings. The van der Waals surface area contributed by atoms with Gasteiger partial charge in [-0.3, -0.25) is 23.9 Å². The summed E-state index contributed by atoms with van der Waals surface area (Å²) in [6.07, 6.45) is 4.22. The molecule has 0 saturated carbocycles. The van der Waals surface area contributed by atoms with Gasteiger partial charge in [-0.1, -0.05) is 41.4 Å². The fourth-order valence-corrected chi connectivity index (χ4v) is 6.79. The molecule has 0 aliphatic carbocycles. The smallest absolute Gasteiger partial charge is 0.291 e. The number of halogens is 3. The Bertz CT molecular complexity index is 1830. The van der Waals surface area contributed by atoms with Crippen molar-refractivity contribution in [2.75, 3.05) is 38.7 Å². The maximum absolute atomic E-state index is 13.4. The number of hydrogen-bond acceptors (Lipinski definition) is 8. The lowest BCUT2D eigenvalue weighted by Gasteiger charge is -2.26. The van der Waals surface area contributed by atoms with Crippen LogP contribution >= 0.6 is 23.2 Å². The van der Waals surface area contributed by atoms with Crippen molar-refractivity contribution in [3.63, 3.8) is 0 Å². The minimum absolute atomic E-state index is 0.0831. The summed E-state index contributed by atoms with van der Waals surface area (Å²) >= 11 is 13.8. The van der Waals surface area contributed by atoms with Crippen LogP contribution in [0.4, 0.5) is 10.1 Å². The molecule has 252 valence electrons. The molecule has 48 heavy (non-hydrogen) atoms. The third-order valence-electron chi connectivity index (χ3n) is 8.74. The summed E-state index contributed by atoms with van der Waals surface area (Å²) in [5.41, 5.74) is 5.28. The number of amides is 2. The molecule has 5 heterocycles. The Morgan fingerprint density at radius 3 is 2.75 bits per heavy atom. The minimum Gasteiger partial charge on any atom is -0.481 e. The van der Waals surface area contributed by atoms with E-state index in [1.54, 1.807) is 37.6 Å². The summed E-state index contributed by atoms with van der Waals surface area (Å²) in [4.78, 5) is 41.0. The van der Waals surface area contributed by atoms with E-state index < -0.39 is 5.91 Å². The average Bonchev–Trinajstić information content (AvgIpc) is 3.66. The predicted molar refractivity (Wildman–Crippen MR) is 183 cm³/mol. The van der Waals surface area contributed by atoms with E-state index in [1.165, 1.54) is 0 Å². The Morgan fingerprint density at radius 1 is 1.12 bits per heavy atom. The molecule has 0 bridgehead atoms. The van der Waals surface area contributed by atoms with Crippen LogP contribution in [-0.2, 0) is 31.4 Å². The maximum Gasteiger partial charge on any atom is 0.291 e. The van der Waals surface area contributed by atoms with Gasteiger partial charge < -0.3 is 25.3 Å². The minimum atomic E-state index is -0.395. The van der Waals surface area contributed by atoms with Gasteiger partial charge in [-0.15, -0.1) is 0 Å². The largest absolute Gasteiger partial charge is 0.481 e. The SMILES string of the molecule is COc1nc(-c2ccnc(-c3cccc(NC(=O)c4nc5c(n4C)CCN(CCCF)C5)c3Cl)c2Cl)ccc1CNCC1CCC(=O)N1. The predicted octanol–water partition coefficient (Wildman–Crippen LogP) is 5.20. The van der Waals surface area contributed by atoms with Crippen LogP contribution in [0.2, 0.25) is 10.0 Å². The first-order valence-electron chi connectivity index (χ1n) is 15.9. The molecular weight excluding hydrogens is 658 g/mol. The molecule has 3 N–H and O–H groups in total. The number of alkyl halides is 1. The molecule has 0 spiro atoms. The summed E-state index contributed by atoms with van der Waals surface area (Å²) in [6.45, 7) is 2.85. The number of ether oxygens (including phenoxy) is 1. The van der Waals surface area contributed by atoms with Gasteiger partial charge >= 0.3 is 0 Å². The van der Waals surface area contributed by atoms with Crippen molar-refractivity contribution in [2.24, 2.45) is 7.05 Å². The lowest BCUT2D eigenvalue weighted by molar-refractivity contribution is -0.119. The number of carbonyl (C=O) groups excluding carboxylic acids is 2. The van der Waals surface area contributed by atoms with Crippen LogP contribution in [0.25, 0.3) is 22.5 Å². The van der Waals surface area contributed by atoms with Crippen molar-refractivity contribution >= 4 is 40.7 Å². The highest BCUT2D eigenvalue weighted by Crippen LogP contribution is 2.40. The molecule has 6 rings (SSSR count). The second-order valence-electron chi connectivity index (χ2n) is 11.9. The van der Waals surface area contributed by atoms with Crippen LogP contribution in [0.3, 0.4) is 0 Å². The number of pyridine rings is 2. The first kappa shape index (κ1) is 33.8. The van der Waals surface area contributed by atoms with Gasteiger partial charge in [0.1, 0.15) is 0 Å². The molecule has 3 aromatic heterocycles. The highest BCUT2D eigenvalue weighted by molar-refractivity contribution is 6.39. The monoisotopic (exact) mass is 694 g/mol. The molecule has 14 heteroatoms. The number of imidazole rings is 1. The van der Waals surface area contributed by atoms with Gasteiger partial charge in [0.05, 0.1) is 46.6 Å². The van der Waals surface area contributed by atoms with Crippen LogP contribution in [0, 0.1) is 0 Å². The molecule has 1 unspecified atom stereocenters. The number of hydrogen-bond donors (Lipinski definition) is 3. The summed E-state index contributed by atoms with van der Waals surface area (Å²) in [7, 11) is 3.39. The van der Waals surface area contributed by atoms with E-state index >= 15 is 0 Å². The van der Waals surface area contributed by atoms with Crippen LogP contribution in [-0.4, -0.2) is 75.7 Å². The maximum atomic E-state index is 13.4. The number of nitrogens with one attached hydrogen (secondary N) is 3. The Hall–Kier alpha value is -4.10. The van der Waals surface area contributed by atoms with E-state index in [0.717, 1.165) is 36.3 Å². The van der Waals surface area contributed by atoms with Crippen LogP contribution < -0.4 is 20.7 Å². The number of anilines is 1. The van der Waals surface area contributed by atoms with Gasteiger partial charge in [0.25, 0.3) is 5.91 Å². The fourth-order valence-electron chi connectivity index (χ4n) is 6.22. The van der Waals surface area contributed by atoms with Gasteiger partial charge in [-0.2, -0.15) is 0 Å². The highest BCUT2D eigenvalue weighted by Gasteiger charge is 2.26.